The van der Waals surface area contributed by atoms with E-state index in [1.54, 1.807) is 51.1 Å². The maximum Gasteiger partial charge on any atom is 0.306 e. The molecule has 37 heavy (non-hydrogen) atoms. The molecule has 3 rings (SSSR count). The number of aliphatic imine (C=N–C) groups is 1. The van der Waals surface area contributed by atoms with Crippen LogP contribution in [0.15, 0.2) is 53.5 Å². The number of benzene rings is 2. The van der Waals surface area contributed by atoms with Crippen LogP contribution in [0.25, 0.3) is 0 Å². The largest absolute Gasteiger partial charge is 0.494 e. The number of esters is 1. The molecule has 1 amide bonds. The van der Waals surface area contributed by atoms with Gasteiger partial charge in [0.2, 0.25) is 5.90 Å². The SMILES string of the molecule is CC(C)(C)OC(=O)CC[C@]1(C(=O)NCCc2cccc(Cl)c2)COC(c2ccc(OCCCO)cc2)=N1. The maximum atomic E-state index is 13.4. The van der Waals surface area contributed by atoms with Crippen LogP contribution >= 0.6 is 11.6 Å². The van der Waals surface area contributed by atoms with Gasteiger partial charge in [0.15, 0.2) is 5.54 Å². The van der Waals surface area contributed by atoms with Crippen molar-refractivity contribution in [3.8, 4) is 5.75 Å². The maximum absolute atomic E-state index is 13.4. The van der Waals surface area contributed by atoms with E-state index in [2.05, 4.69) is 10.3 Å². The summed E-state index contributed by atoms with van der Waals surface area (Å²) in [6.45, 7) is 6.28. The van der Waals surface area contributed by atoms with Crippen molar-refractivity contribution in [2.45, 2.75) is 57.6 Å². The van der Waals surface area contributed by atoms with Crippen molar-refractivity contribution < 1.29 is 28.9 Å². The summed E-state index contributed by atoms with van der Waals surface area (Å²) in [5.74, 6) is 0.283. The van der Waals surface area contributed by atoms with E-state index in [-0.39, 0.29) is 32.0 Å². The van der Waals surface area contributed by atoms with Gasteiger partial charge in [-0.2, -0.15) is 0 Å². The number of ether oxygens (including phenoxy) is 3. The van der Waals surface area contributed by atoms with E-state index in [0.29, 0.717) is 48.2 Å². The highest BCUT2D eigenvalue weighted by atomic mass is 35.5. The molecule has 2 aromatic rings. The van der Waals surface area contributed by atoms with Gasteiger partial charge in [-0.1, -0.05) is 23.7 Å². The highest BCUT2D eigenvalue weighted by Crippen LogP contribution is 2.29. The topological polar surface area (TPSA) is 106 Å². The number of aliphatic hydroxyl groups is 1. The lowest BCUT2D eigenvalue weighted by Crippen LogP contribution is -2.47. The summed E-state index contributed by atoms with van der Waals surface area (Å²) < 4.78 is 16.9. The predicted molar refractivity (Wildman–Crippen MR) is 142 cm³/mol. The highest BCUT2D eigenvalue weighted by molar-refractivity contribution is 6.30. The molecule has 8 nitrogen and oxygen atoms in total. The molecular formula is C28H35ClN2O6. The van der Waals surface area contributed by atoms with Crippen LogP contribution in [-0.2, 0) is 25.5 Å². The van der Waals surface area contributed by atoms with E-state index >= 15 is 0 Å². The second-order valence-electron chi connectivity index (χ2n) is 9.91. The molecule has 0 aliphatic carbocycles. The number of aliphatic hydroxyl groups excluding tert-OH is 1. The zero-order valence-corrected chi connectivity index (χ0v) is 22.3. The second kappa shape index (κ2) is 12.9. The smallest absolute Gasteiger partial charge is 0.306 e. The first kappa shape index (κ1) is 28.5. The number of hydrogen-bond donors (Lipinski definition) is 2. The van der Waals surface area contributed by atoms with Crippen LogP contribution in [0, 0.1) is 0 Å². The Morgan fingerprint density at radius 3 is 2.62 bits per heavy atom. The lowest BCUT2D eigenvalue weighted by molar-refractivity contribution is -0.155. The van der Waals surface area contributed by atoms with Gasteiger partial charge in [0.25, 0.3) is 5.91 Å². The van der Waals surface area contributed by atoms with E-state index in [1.807, 2.05) is 18.2 Å². The summed E-state index contributed by atoms with van der Waals surface area (Å²) in [5, 5.41) is 12.5. The van der Waals surface area contributed by atoms with E-state index in [1.165, 1.54) is 0 Å². The molecule has 0 saturated carbocycles. The number of nitrogens with zero attached hydrogens (tertiary/aromatic N) is 1. The summed E-state index contributed by atoms with van der Waals surface area (Å²) in [5.41, 5.74) is -0.175. The minimum absolute atomic E-state index is 0.0167. The minimum atomic E-state index is -1.25. The number of halogens is 1. The summed E-state index contributed by atoms with van der Waals surface area (Å²) in [7, 11) is 0. The van der Waals surface area contributed by atoms with Gasteiger partial charge in [0.1, 0.15) is 18.0 Å². The number of carbonyl (C=O) groups excluding carboxylic acids is 2. The van der Waals surface area contributed by atoms with Crippen LogP contribution in [0.1, 0.15) is 51.2 Å². The highest BCUT2D eigenvalue weighted by Gasteiger charge is 2.44. The molecule has 1 aliphatic heterocycles. The fourth-order valence-corrected chi connectivity index (χ4v) is 3.99. The molecule has 0 unspecified atom stereocenters. The Morgan fingerprint density at radius 2 is 1.95 bits per heavy atom. The molecule has 0 spiro atoms. The van der Waals surface area contributed by atoms with Gasteiger partial charge < -0.3 is 24.6 Å². The van der Waals surface area contributed by atoms with Gasteiger partial charge in [-0.05, 0) is 75.6 Å². The molecule has 0 bridgehead atoms. The van der Waals surface area contributed by atoms with Crippen molar-refractivity contribution in [1.29, 1.82) is 0 Å². The fourth-order valence-electron chi connectivity index (χ4n) is 3.78. The lowest BCUT2D eigenvalue weighted by atomic mass is 9.94. The Kier molecular flexibility index (Phi) is 9.94. The van der Waals surface area contributed by atoms with Crippen LogP contribution in [0.2, 0.25) is 5.02 Å². The summed E-state index contributed by atoms with van der Waals surface area (Å²) in [6.07, 6.45) is 1.32. The van der Waals surface area contributed by atoms with Crippen molar-refractivity contribution in [3.63, 3.8) is 0 Å². The van der Waals surface area contributed by atoms with Crippen molar-refractivity contribution in [3.05, 3.63) is 64.7 Å². The Morgan fingerprint density at radius 1 is 1.19 bits per heavy atom. The predicted octanol–water partition coefficient (Wildman–Crippen LogP) is 4.10. The summed E-state index contributed by atoms with van der Waals surface area (Å²) in [4.78, 5) is 30.5. The molecule has 2 aromatic carbocycles. The molecule has 0 fully saturated rings. The van der Waals surface area contributed by atoms with Crippen molar-refractivity contribution >= 4 is 29.4 Å². The molecule has 2 N–H and O–H groups in total. The van der Waals surface area contributed by atoms with E-state index < -0.39 is 17.1 Å². The van der Waals surface area contributed by atoms with E-state index in [9.17, 15) is 9.59 Å². The average molecular weight is 531 g/mol. The van der Waals surface area contributed by atoms with Crippen LogP contribution in [0.3, 0.4) is 0 Å². The number of amides is 1. The number of nitrogens with one attached hydrogen (secondary N) is 1. The second-order valence-corrected chi connectivity index (χ2v) is 10.3. The zero-order chi connectivity index (χ0) is 26.9. The third-order valence-corrected chi connectivity index (χ3v) is 5.84. The van der Waals surface area contributed by atoms with Gasteiger partial charge in [-0.15, -0.1) is 0 Å². The Hall–Kier alpha value is -3.10. The summed E-state index contributed by atoms with van der Waals surface area (Å²) >= 11 is 6.06. The molecule has 0 aromatic heterocycles. The first-order chi connectivity index (χ1) is 17.6. The molecule has 1 heterocycles. The van der Waals surface area contributed by atoms with Crippen molar-refractivity contribution in [1.82, 2.24) is 5.32 Å². The summed E-state index contributed by atoms with van der Waals surface area (Å²) in [6, 6.07) is 14.6. The molecule has 1 atom stereocenters. The fraction of sp³-hybridized carbons (Fsp3) is 0.464. The van der Waals surface area contributed by atoms with Crippen LogP contribution in [0.4, 0.5) is 0 Å². The monoisotopic (exact) mass is 530 g/mol. The average Bonchev–Trinajstić information content (AvgIpc) is 3.28. The molecule has 1 aliphatic rings. The third kappa shape index (κ3) is 8.76. The standard InChI is InChI=1S/C28H35ClN2O6/c1-27(2,3)37-24(33)12-14-28(26(34)30-15-13-20-6-4-7-22(29)18-20)19-36-25(31-28)21-8-10-23(11-9-21)35-17-5-16-32/h4,6-11,18,32H,5,12-17,19H2,1-3H3,(H,30,34)/t28-/m1/s1. The van der Waals surface area contributed by atoms with Gasteiger partial charge in [-0.3, -0.25) is 9.59 Å². The van der Waals surface area contributed by atoms with Gasteiger partial charge in [0.05, 0.1) is 6.61 Å². The molecule has 0 saturated heterocycles. The Labute approximate surface area is 223 Å². The quantitative estimate of drug-likeness (QED) is 0.316. The molecule has 200 valence electrons. The first-order valence-electron chi connectivity index (χ1n) is 12.4. The zero-order valence-electron chi connectivity index (χ0n) is 21.6. The van der Waals surface area contributed by atoms with E-state index in [4.69, 9.17) is 30.9 Å². The van der Waals surface area contributed by atoms with Crippen LogP contribution in [0.5, 0.6) is 5.75 Å². The van der Waals surface area contributed by atoms with Gasteiger partial charge >= 0.3 is 5.97 Å². The molecule has 9 heteroatoms. The molecular weight excluding hydrogens is 496 g/mol. The first-order valence-corrected chi connectivity index (χ1v) is 12.8. The van der Waals surface area contributed by atoms with Gasteiger partial charge in [0, 0.05) is 36.6 Å². The third-order valence-electron chi connectivity index (χ3n) is 5.61. The van der Waals surface area contributed by atoms with Crippen molar-refractivity contribution in [2.75, 3.05) is 26.4 Å². The number of hydrogen-bond acceptors (Lipinski definition) is 7. The lowest BCUT2D eigenvalue weighted by Gasteiger charge is -2.24. The van der Waals surface area contributed by atoms with Crippen LogP contribution < -0.4 is 10.1 Å². The Balaban J connectivity index is 1.72. The van der Waals surface area contributed by atoms with Crippen molar-refractivity contribution in [2.24, 2.45) is 4.99 Å². The molecule has 0 radical (unpaired) electrons. The van der Waals surface area contributed by atoms with Gasteiger partial charge in [-0.25, -0.2) is 4.99 Å². The van der Waals surface area contributed by atoms with E-state index in [0.717, 1.165) is 5.56 Å². The minimum Gasteiger partial charge on any atom is -0.494 e. The van der Waals surface area contributed by atoms with Crippen LogP contribution in [-0.4, -0.2) is 60.4 Å². The Bertz CT molecular complexity index is 1100. The normalized spacial score (nSPS) is 17.1. The number of rotatable bonds is 12. The number of carbonyl (C=O) groups is 2.